The Bertz CT molecular complexity index is 915. The van der Waals surface area contributed by atoms with Crippen LogP contribution in [0, 0.1) is 0 Å². The number of rotatable bonds is 23. The zero-order valence-corrected chi connectivity index (χ0v) is 25.6. The highest BCUT2D eigenvalue weighted by Gasteiger charge is 2.28. The predicted octanol–water partition coefficient (Wildman–Crippen LogP) is 5.60. The lowest BCUT2D eigenvalue weighted by molar-refractivity contribution is -0.0110. The minimum Gasteiger partial charge on any atom is -0.449 e. The molecule has 0 heterocycles. The molecular formula is C31H44INO7. The number of fused-ring (bicyclic) bond motifs is 3. The molecule has 0 atom stereocenters. The largest absolute Gasteiger partial charge is 0.449 e. The Kier molecular flexibility index (Phi) is 17.2. The molecule has 0 saturated heterocycles. The summed E-state index contributed by atoms with van der Waals surface area (Å²) in [7, 11) is 0. The van der Waals surface area contributed by atoms with E-state index >= 15 is 0 Å². The molecule has 1 aliphatic carbocycles. The topological polar surface area (TPSA) is 84.5 Å². The van der Waals surface area contributed by atoms with Crippen LogP contribution in [0.3, 0.4) is 0 Å². The first-order valence-corrected chi connectivity index (χ1v) is 15.9. The van der Waals surface area contributed by atoms with Crippen molar-refractivity contribution in [3.05, 3.63) is 59.7 Å². The van der Waals surface area contributed by atoms with Gasteiger partial charge >= 0.3 is 6.09 Å². The molecule has 0 spiro atoms. The summed E-state index contributed by atoms with van der Waals surface area (Å²) >= 11 is 2.42. The van der Waals surface area contributed by atoms with Crippen LogP contribution in [0.5, 0.6) is 0 Å². The molecule has 0 saturated carbocycles. The zero-order chi connectivity index (χ0) is 28.1. The summed E-state index contributed by atoms with van der Waals surface area (Å²) in [6, 6.07) is 16.6. The molecule has 0 aliphatic heterocycles. The molecular weight excluding hydrogens is 625 g/mol. The third kappa shape index (κ3) is 12.4. The van der Waals surface area contributed by atoms with Crippen molar-refractivity contribution in [1.29, 1.82) is 0 Å². The van der Waals surface area contributed by atoms with E-state index in [0.717, 1.165) is 13.0 Å². The van der Waals surface area contributed by atoms with Gasteiger partial charge in [-0.15, -0.1) is 0 Å². The molecule has 9 heteroatoms. The van der Waals surface area contributed by atoms with Crippen molar-refractivity contribution in [3.63, 3.8) is 0 Å². The third-order valence-corrected chi connectivity index (χ3v) is 7.28. The highest BCUT2D eigenvalue weighted by molar-refractivity contribution is 14.1. The number of benzene rings is 2. The number of amides is 1. The maximum absolute atomic E-state index is 12.2. The van der Waals surface area contributed by atoms with E-state index in [1.165, 1.54) is 45.9 Å². The smallest absolute Gasteiger partial charge is 0.407 e. The molecule has 1 aliphatic rings. The van der Waals surface area contributed by atoms with Crippen molar-refractivity contribution in [2.24, 2.45) is 0 Å². The summed E-state index contributed by atoms with van der Waals surface area (Å²) < 4.78 is 34.3. The Morgan fingerprint density at radius 2 is 1.10 bits per heavy atom. The van der Waals surface area contributed by atoms with Crippen LogP contribution in [0.25, 0.3) is 11.1 Å². The van der Waals surface area contributed by atoms with E-state index in [1.54, 1.807) is 0 Å². The molecule has 3 rings (SSSR count). The minimum absolute atomic E-state index is 0.0530. The SMILES string of the molecule is O=C(NCCOCCOCCOCCOCCOCCCCCCI)OCC1c2ccccc2-c2ccccc21. The van der Waals surface area contributed by atoms with E-state index in [4.69, 9.17) is 28.4 Å². The van der Waals surface area contributed by atoms with Gasteiger partial charge < -0.3 is 33.7 Å². The fourth-order valence-corrected chi connectivity index (χ4v) is 5.05. The molecule has 0 bridgehead atoms. The lowest BCUT2D eigenvalue weighted by Crippen LogP contribution is -2.29. The van der Waals surface area contributed by atoms with Gasteiger partial charge in [-0.1, -0.05) is 84.0 Å². The van der Waals surface area contributed by atoms with Gasteiger partial charge in [0.05, 0.1) is 59.5 Å². The van der Waals surface area contributed by atoms with Gasteiger partial charge in [-0.3, -0.25) is 0 Å². The van der Waals surface area contributed by atoms with Gasteiger partial charge in [0.15, 0.2) is 0 Å². The summed E-state index contributed by atoms with van der Waals surface area (Å²) in [6.07, 6.45) is 4.52. The van der Waals surface area contributed by atoms with E-state index in [9.17, 15) is 4.79 Å². The summed E-state index contributed by atoms with van der Waals surface area (Å²) in [5, 5.41) is 2.75. The Labute approximate surface area is 252 Å². The number of nitrogens with one attached hydrogen (secondary N) is 1. The molecule has 8 nitrogen and oxygen atoms in total. The third-order valence-electron chi connectivity index (χ3n) is 6.52. The molecule has 0 unspecified atom stereocenters. The number of ether oxygens (including phenoxy) is 6. The van der Waals surface area contributed by atoms with Crippen LogP contribution in [-0.2, 0) is 28.4 Å². The number of carbonyl (C=O) groups excluding carboxylic acids is 1. The summed E-state index contributed by atoms with van der Waals surface area (Å²) in [6.45, 7) is 6.16. The van der Waals surface area contributed by atoms with E-state index < -0.39 is 6.09 Å². The number of unbranched alkanes of at least 4 members (excludes halogenated alkanes) is 3. The van der Waals surface area contributed by atoms with E-state index in [0.29, 0.717) is 72.6 Å². The molecule has 1 amide bonds. The number of halogens is 1. The summed E-state index contributed by atoms with van der Waals surface area (Å²) in [5.74, 6) is 0.0530. The van der Waals surface area contributed by atoms with Crippen molar-refractivity contribution in [3.8, 4) is 11.1 Å². The van der Waals surface area contributed by atoms with Gasteiger partial charge in [0.2, 0.25) is 0 Å². The second-order valence-electron chi connectivity index (χ2n) is 9.42. The second kappa shape index (κ2) is 21.0. The predicted molar refractivity (Wildman–Crippen MR) is 165 cm³/mol. The quantitative estimate of drug-likeness (QED) is 0.0937. The van der Waals surface area contributed by atoms with E-state index in [1.807, 2.05) is 24.3 Å². The summed E-state index contributed by atoms with van der Waals surface area (Å²) in [5.41, 5.74) is 4.82. The fourth-order valence-electron chi connectivity index (χ4n) is 4.51. The number of alkyl carbamates (subject to hydrolysis) is 1. The van der Waals surface area contributed by atoms with Gasteiger partial charge in [0.1, 0.15) is 6.61 Å². The fraction of sp³-hybridized carbons (Fsp3) is 0.581. The summed E-state index contributed by atoms with van der Waals surface area (Å²) in [4.78, 5) is 12.2. The van der Waals surface area contributed by atoms with Gasteiger partial charge in [-0.05, 0) is 39.5 Å². The Hall–Kier alpha value is -1.76. The van der Waals surface area contributed by atoms with Gasteiger partial charge in [-0.2, -0.15) is 0 Å². The number of alkyl halides is 1. The Morgan fingerprint density at radius 3 is 1.65 bits per heavy atom. The first-order chi connectivity index (χ1) is 19.8. The van der Waals surface area contributed by atoms with Gasteiger partial charge in [0, 0.05) is 19.1 Å². The van der Waals surface area contributed by atoms with Gasteiger partial charge in [0.25, 0.3) is 0 Å². The molecule has 1 N–H and O–H groups in total. The Morgan fingerprint density at radius 1 is 0.625 bits per heavy atom. The maximum Gasteiger partial charge on any atom is 0.407 e. The number of carbonyl (C=O) groups is 1. The van der Waals surface area contributed by atoms with Crippen LogP contribution in [0.2, 0.25) is 0 Å². The molecule has 0 aromatic heterocycles. The standard InChI is InChI=1S/C31H44INO7/c32-13-7-1-2-8-15-35-17-19-37-21-23-39-24-22-38-20-18-36-16-14-33-31(34)40-25-30-28-11-5-3-9-26(28)27-10-4-6-12-29(27)30/h3-6,9-12,30H,1-2,7-8,13-25H2,(H,33,34). The molecule has 2 aromatic carbocycles. The van der Waals surface area contributed by atoms with Crippen LogP contribution in [-0.4, -0.2) is 89.7 Å². The maximum atomic E-state index is 12.2. The van der Waals surface area contributed by atoms with Crippen LogP contribution < -0.4 is 5.32 Å². The van der Waals surface area contributed by atoms with Crippen LogP contribution >= 0.6 is 22.6 Å². The second-order valence-corrected chi connectivity index (χ2v) is 10.5. The monoisotopic (exact) mass is 669 g/mol. The first-order valence-electron chi connectivity index (χ1n) is 14.3. The minimum atomic E-state index is -0.437. The average Bonchev–Trinajstić information content (AvgIpc) is 3.30. The van der Waals surface area contributed by atoms with E-state index in [2.05, 4.69) is 52.2 Å². The van der Waals surface area contributed by atoms with Crippen molar-refractivity contribution in [2.75, 3.05) is 83.6 Å². The molecule has 222 valence electrons. The van der Waals surface area contributed by atoms with Crippen LogP contribution in [0.15, 0.2) is 48.5 Å². The van der Waals surface area contributed by atoms with Crippen molar-refractivity contribution >= 4 is 28.7 Å². The first kappa shape index (κ1) is 32.8. The van der Waals surface area contributed by atoms with E-state index in [-0.39, 0.29) is 5.92 Å². The van der Waals surface area contributed by atoms with Gasteiger partial charge in [-0.25, -0.2) is 4.79 Å². The van der Waals surface area contributed by atoms with Crippen LogP contribution in [0.1, 0.15) is 42.7 Å². The number of hydrogen-bond donors (Lipinski definition) is 1. The molecule has 2 aromatic rings. The number of hydrogen-bond acceptors (Lipinski definition) is 7. The molecule has 0 radical (unpaired) electrons. The lowest BCUT2D eigenvalue weighted by atomic mass is 9.98. The highest BCUT2D eigenvalue weighted by Crippen LogP contribution is 2.44. The van der Waals surface area contributed by atoms with Crippen molar-refractivity contribution in [1.82, 2.24) is 5.32 Å². The van der Waals surface area contributed by atoms with Crippen molar-refractivity contribution < 1.29 is 33.2 Å². The highest BCUT2D eigenvalue weighted by atomic mass is 127. The lowest BCUT2D eigenvalue weighted by Gasteiger charge is -2.14. The zero-order valence-electron chi connectivity index (χ0n) is 23.5. The molecule has 0 fully saturated rings. The Balaban J connectivity index is 1.07. The van der Waals surface area contributed by atoms with Crippen LogP contribution in [0.4, 0.5) is 4.79 Å². The van der Waals surface area contributed by atoms with Crippen molar-refractivity contribution in [2.45, 2.75) is 31.6 Å². The average molecular weight is 670 g/mol. The normalized spacial score (nSPS) is 12.3. The molecule has 40 heavy (non-hydrogen) atoms.